The highest BCUT2D eigenvalue weighted by Gasteiger charge is 2.18. The Hall–Kier alpha value is -3.52. The second kappa shape index (κ2) is 13.0. The Kier molecular flexibility index (Phi) is 9.51. The van der Waals surface area contributed by atoms with Gasteiger partial charge in [-0.05, 0) is 89.0 Å². The third-order valence-corrected chi connectivity index (χ3v) is 8.54. The van der Waals surface area contributed by atoms with Gasteiger partial charge in [-0.25, -0.2) is 0 Å². The fourth-order valence-electron chi connectivity index (χ4n) is 6.06. The monoisotopic (exact) mass is 518 g/mol. The minimum absolute atomic E-state index is 0.334. The summed E-state index contributed by atoms with van der Waals surface area (Å²) in [5.74, 6) is 1.08. The van der Waals surface area contributed by atoms with Gasteiger partial charge in [0.25, 0.3) is 0 Å². The van der Waals surface area contributed by atoms with E-state index in [2.05, 4.69) is 107 Å². The maximum Gasteiger partial charge on any atom is 0.0316 e. The molecule has 0 aliphatic heterocycles. The van der Waals surface area contributed by atoms with Crippen molar-refractivity contribution in [3.8, 4) is 0 Å². The summed E-state index contributed by atoms with van der Waals surface area (Å²) in [6.07, 6.45) is 6.30. The molecule has 0 saturated heterocycles. The quantitative estimate of drug-likeness (QED) is 0.153. The van der Waals surface area contributed by atoms with Gasteiger partial charge in [0.1, 0.15) is 0 Å². The van der Waals surface area contributed by atoms with Gasteiger partial charge in [0.05, 0.1) is 0 Å². The fourth-order valence-corrected chi connectivity index (χ4v) is 6.06. The fraction of sp³-hybridized carbons (Fsp3) is 0.351. The molecule has 0 amide bonds. The van der Waals surface area contributed by atoms with Crippen molar-refractivity contribution in [2.45, 2.75) is 84.5 Å². The molecule has 0 spiro atoms. The molecule has 0 bridgehead atoms. The van der Waals surface area contributed by atoms with Gasteiger partial charge in [0, 0.05) is 29.1 Å². The van der Waals surface area contributed by atoms with Crippen LogP contribution in [0.5, 0.6) is 0 Å². The zero-order valence-electron chi connectivity index (χ0n) is 24.5. The molecule has 2 heteroatoms. The number of hydrogen-bond donors (Lipinski definition) is 2. The van der Waals surface area contributed by atoms with E-state index in [0.29, 0.717) is 17.8 Å². The van der Waals surface area contributed by atoms with Crippen LogP contribution in [0.3, 0.4) is 0 Å². The van der Waals surface area contributed by atoms with Crippen LogP contribution < -0.4 is 11.5 Å². The van der Waals surface area contributed by atoms with Crippen LogP contribution in [0.15, 0.2) is 84.9 Å². The van der Waals surface area contributed by atoms with Crippen LogP contribution in [-0.4, -0.2) is 0 Å². The molecule has 4 aromatic carbocycles. The van der Waals surface area contributed by atoms with Crippen molar-refractivity contribution in [3.63, 3.8) is 0 Å². The lowest BCUT2D eigenvalue weighted by Crippen LogP contribution is -2.05. The first-order valence-electron chi connectivity index (χ1n) is 14.7. The predicted molar refractivity (Wildman–Crippen MR) is 170 cm³/mol. The SMILES string of the molecule is CCCCCCC(c1ccc(C(C)c2ccc(N)cc2C)cc1)c1ccc(C(C)c2ccc(N)cc2C)cc1. The Morgan fingerprint density at radius 2 is 0.949 bits per heavy atom. The van der Waals surface area contributed by atoms with Crippen molar-refractivity contribution in [1.82, 2.24) is 0 Å². The smallest absolute Gasteiger partial charge is 0.0316 e. The van der Waals surface area contributed by atoms with Crippen LogP contribution in [0.25, 0.3) is 0 Å². The Labute approximate surface area is 236 Å². The molecule has 2 unspecified atom stereocenters. The molecular formula is C37H46N2. The van der Waals surface area contributed by atoms with Crippen LogP contribution in [0.4, 0.5) is 11.4 Å². The zero-order valence-corrected chi connectivity index (χ0v) is 24.5. The summed E-state index contributed by atoms with van der Waals surface area (Å²) in [4.78, 5) is 0. The standard InChI is InChI=1S/C37H46N2/c1-6-7-8-9-10-37(31-15-11-29(12-16-31)27(4)35-21-19-33(38)23-25(35)2)32-17-13-30(14-18-32)28(5)36-22-20-34(39)24-26(36)3/h11-24,27-28,37H,6-10,38-39H2,1-5H3. The van der Waals surface area contributed by atoms with E-state index in [1.54, 1.807) is 0 Å². The van der Waals surface area contributed by atoms with E-state index in [-0.39, 0.29) is 0 Å². The maximum atomic E-state index is 6.00. The average molecular weight is 519 g/mol. The molecule has 0 aliphatic rings. The number of anilines is 2. The number of nitrogen functional groups attached to an aromatic ring is 2. The van der Waals surface area contributed by atoms with Gasteiger partial charge in [-0.2, -0.15) is 0 Å². The van der Waals surface area contributed by atoms with Crippen molar-refractivity contribution in [1.29, 1.82) is 0 Å². The lowest BCUT2D eigenvalue weighted by atomic mass is 9.83. The van der Waals surface area contributed by atoms with Gasteiger partial charge in [-0.1, -0.05) is 107 Å². The van der Waals surface area contributed by atoms with Crippen molar-refractivity contribution < 1.29 is 0 Å². The maximum absolute atomic E-state index is 6.00. The van der Waals surface area contributed by atoms with Gasteiger partial charge in [0.2, 0.25) is 0 Å². The van der Waals surface area contributed by atoms with Crippen molar-refractivity contribution in [2.24, 2.45) is 0 Å². The van der Waals surface area contributed by atoms with Gasteiger partial charge in [-0.3, -0.25) is 0 Å². The molecule has 0 radical (unpaired) electrons. The number of unbranched alkanes of at least 4 members (excludes halogenated alkanes) is 3. The number of benzene rings is 4. The molecule has 0 heterocycles. The van der Waals surface area contributed by atoms with E-state index < -0.39 is 0 Å². The summed E-state index contributed by atoms with van der Waals surface area (Å²) in [5, 5.41) is 0. The summed E-state index contributed by atoms with van der Waals surface area (Å²) in [6, 6.07) is 31.3. The molecule has 0 fully saturated rings. The minimum atomic E-state index is 0.334. The van der Waals surface area contributed by atoms with Crippen LogP contribution in [0.2, 0.25) is 0 Å². The summed E-state index contributed by atoms with van der Waals surface area (Å²) in [6.45, 7) is 11.2. The molecule has 0 aromatic heterocycles. The van der Waals surface area contributed by atoms with E-state index in [4.69, 9.17) is 11.5 Å². The van der Waals surface area contributed by atoms with E-state index in [9.17, 15) is 0 Å². The molecule has 0 aliphatic carbocycles. The van der Waals surface area contributed by atoms with Crippen molar-refractivity contribution in [3.05, 3.63) is 129 Å². The lowest BCUT2D eigenvalue weighted by Gasteiger charge is -2.22. The summed E-state index contributed by atoms with van der Waals surface area (Å²) >= 11 is 0. The van der Waals surface area contributed by atoms with E-state index >= 15 is 0 Å². The Morgan fingerprint density at radius 3 is 1.33 bits per heavy atom. The first-order chi connectivity index (χ1) is 18.8. The highest BCUT2D eigenvalue weighted by molar-refractivity contribution is 5.49. The highest BCUT2D eigenvalue weighted by Crippen LogP contribution is 2.35. The van der Waals surface area contributed by atoms with Crippen molar-refractivity contribution in [2.75, 3.05) is 11.5 Å². The van der Waals surface area contributed by atoms with Crippen LogP contribution in [0.1, 0.15) is 115 Å². The highest BCUT2D eigenvalue weighted by atomic mass is 14.5. The molecule has 2 nitrogen and oxygen atoms in total. The van der Waals surface area contributed by atoms with Gasteiger partial charge >= 0.3 is 0 Å². The number of hydrogen-bond acceptors (Lipinski definition) is 2. The second-order valence-electron chi connectivity index (χ2n) is 11.4. The molecule has 39 heavy (non-hydrogen) atoms. The molecular weight excluding hydrogens is 472 g/mol. The van der Waals surface area contributed by atoms with E-state index in [1.165, 1.54) is 76.6 Å². The summed E-state index contributed by atoms with van der Waals surface area (Å²) in [7, 11) is 0. The second-order valence-corrected chi connectivity index (χ2v) is 11.4. The molecule has 4 aromatic rings. The minimum Gasteiger partial charge on any atom is -0.399 e. The van der Waals surface area contributed by atoms with Gasteiger partial charge in [0.15, 0.2) is 0 Å². The molecule has 2 atom stereocenters. The zero-order chi connectivity index (χ0) is 27.9. The summed E-state index contributed by atoms with van der Waals surface area (Å²) in [5.41, 5.74) is 24.3. The molecule has 0 saturated carbocycles. The van der Waals surface area contributed by atoms with Gasteiger partial charge in [-0.15, -0.1) is 0 Å². The van der Waals surface area contributed by atoms with Crippen LogP contribution in [0, 0.1) is 13.8 Å². The van der Waals surface area contributed by atoms with Crippen molar-refractivity contribution >= 4 is 11.4 Å². The summed E-state index contributed by atoms with van der Waals surface area (Å²) < 4.78 is 0. The Morgan fingerprint density at radius 1 is 0.538 bits per heavy atom. The topological polar surface area (TPSA) is 52.0 Å². The first kappa shape index (κ1) is 28.5. The first-order valence-corrected chi connectivity index (χ1v) is 14.7. The predicted octanol–water partition coefficient (Wildman–Crippen LogP) is 9.87. The van der Waals surface area contributed by atoms with Crippen LogP contribution >= 0.6 is 0 Å². The Bertz CT molecular complexity index is 1250. The largest absolute Gasteiger partial charge is 0.399 e. The Balaban J connectivity index is 1.57. The third kappa shape index (κ3) is 6.92. The molecule has 4 rings (SSSR count). The molecule has 4 N–H and O–H groups in total. The lowest BCUT2D eigenvalue weighted by molar-refractivity contribution is 0.596. The average Bonchev–Trinajstić information content (AvgIpc) is 2.93. The van der Waals surface area contributed by atoms with E-state index in [1.807, 2.05) is 12.1 Å². The molecule has 204 valence electrons. The number of nitrogens with two attached hydrogens (primary N) is 2. The van der Waals surface area contributed by atoms with Crippen LogP contribution in [-0.2, 0) is 0 Å². The number of rotatable bonds is 11. The van der Waals surface area contributed by atoms with E-state index in [0.717, 1.165) is 11.4 Å². The third-order valence-electron chi connectivity index (χ3n) is 8.54. The van der Waals surface area contributed by atoms with Gasteiger partial charge < -0.3 is 11.5 Å². The normalized spacial score (nSPS) is 13.7. The number of aryl methyl sites for hydroxylation is 2.